The van der Waals surface area contributed by atoms with Crippen molar-refractivity contribution in [3.63, 3.8) is 0 Å². The van der Waals surface area contributed by atoms with E-state index in [4.69, 9.17) is 0 Å². The van der Waals surface area contributed by atoms with E-state index in [0.717, 1.165) is 29.3 Å². The minimum Gasteiger partial charge on any atom is -0.310 e. The molecule has 19 heavy (non-hydrogen) atoms. The maximum atomic E-state index is 4.42. The van der Waals surface area contributed by atoms with Crippen LogP contribution in [-0.2, 0) is 13.1 Å². The van der Waals surface area contributed by atoms with Crippen molar-refractivity contribution < 1.29 is 0 Å². The number of aromatic nitrogens is 2. The lowest BCUT2D eigenvalue weighted by Gasteiger charge is -2.08. The molecule has 1 aliphatic rings. The van der Waals surface area contributed by atoms with Crippen LogP contribution in [0.15, 0.2) is 34.9 Å². The average Bonchev–Trinajstić information content (AvgIpc) is 3.13. The molecular formula is C15H18BrN3. The van der Waals surface area contributed by atoms with Gasteiger partial charge < -0.3 is 5.32 Å². The van der Waals surface area contributed by atoms with Gasteiger partial charge in [-0.25, -0.2) is 0 Å². The van der Waals surface area contributed by atoms with Crippen LogP contribution in [0.1, 0.15) is 29.7 Å². The first-order chi connectivity index (χ1) is 9.20. The lowest BCUT2D eigenvalue weighted by Crippen LogP contribution is -2.15. The van der Waals surface area contributed by atoms with Crippen molar-refractivity contribution in [3.05, 3.63) is 51.8 Å². The molecule has 1 aromatic heterocycles. The topological polar surface area (TPSA) is 29.9 Å². The smallest absolute Gasteiger partial charge is 0.0670 e. The van der Waals surface area contributed by atoms with Crippen LogP contribution in [0.4, 0.5) is 0 Å². The molecule has 4 heteroatoms. The first kappa shape index (κ1) is 12.9. The Hall–Kier alpha value is -1.13. The normalized spacial score (nSPS) is 14.8. The summed E-state index contributed by atoms with van der Waals surface area (Å²) >= 11 is 3.67. The summed E-state index contributed by atoms with van der Waals surface area (Å²) in [6, 6.07) is 9.38. The van der Waals surface area contributed by atoms with Crippen LogP contribution in [0, 0.1) is 6.92 Å². The van der Waals surface area contributed by atoms with Crippen molar-refractivity contribution in [2.75, 3.05) is 0 Å². The van der Waals surface area contributed by atoms with E-state index in [2.05, 4.69) is 44.5 Å². The second kappa shape index (κ2) is 5.47. The Morgan fingerprint density at radius 3 is 2.84 bits per heavy atom. The molecular weight excluding hydrogens is 302 g/mol. The molecule has 1 saturated carbocycles. The summed E-state index contributed by atoms with van der Waals surface area (Å²) in [4.78, 5) is 0. The molecule has 0 saturated heterocycles. The number of nitrogens with zero attached hydrogens (tertiary/aromatic N) is 2. The maximum Gasteiger partial charge on any atom is 0.0670 e. The fourth-order valence-corrected chi connectivity index (χ4v) is 2.66. The zero-order valence-corrected chi connectivity index (χ0v) is 12.7. The molecule has 1 heterocycles. The van der Waals surface area contributed by atoms with Crippen LogP contribution in [0.5, 0.6) is 0 Å². The molecule has 3 nitrogen and oxygen atoms in total. The Morgan fingerprint density at radius 1 is 1.37 bits per heavy atom. The first-order valence-corrected chi connectivity index (χ1v) is 7.51. The SMILES string of the molecule is Cc1ccn(Cc2ccc(CNC3CC3)cc2Br)n1. The molecule has 1 aliphatic carbocycles. The second-order valence-corrected chi connectivity index (χ2v) is 6.09. The quantitative estimate of drug-likeness (QED) is 0.916. The monoisotopic (exact) mass is 319 g/mol. The zero-order valence-electron chi connectivity index (χ0n) is 11.1. The number of aryl methyl sites for hydroxylation is 1. The zero-order chi connectivity index (χ0) is 13.2. The number of halogens is 1. The van der Waals surface area contributed by atoms with Gasteiger partial charge in [-0.1, -0.05) is 28.1 Å². The van der Waals surface area contributed by atoms with E-state index in [-0.39, 0.29) is 0 Å². The summed E-state index contributed by atoms with van der Waals surface area (Å²) in [6.07, 6.45) is 4.68. The number of hydrogen-bond donors (Lipinski definition) is 1. The number of benzene rings is 1. The highest BCUT2D eigenvalue weighted by Crippen LogP contribution is 2.22. The highest BCUT2D eigenvalue weighted by molar-refractivity contribution is 9.10. The van der Waals surface area contributed by atoms with Crippen LogP contribution in [0.3, 0.4) is 0 Å². The molecule has 100 valence electrons. The van der Waals surface area contributed by atoms with E-state index in [1.807, 2.05) is 23.9 Å². The molecule has 0 unspecified atom stereocenters. The molecule has 0 atom stereocenters. The molecule has 3 rings (SSSR count). The predicted octanol–water partition coefficient (Wildman–Crippen LogP) is 3.25. The second-order valence-electron chi connectivity index (χ2n) is 5.24. The van der Waals surface area contributed by atoms with E-state index in [1.54, 1.807) is 0 Å². The van der Waals surface area contributed by atoms with Crippen molar-refractivity contribution in [2.24, 2.45) is 0 Å². The molecule has 1 fully saturated rings. The van der Waals surface area contributed by atoms with E-state index < -0.39 is 0 Å². The van der Waals surface area contributed by atoms with Gasteiger partial charge >= 0.3 is 0 Å². The number of nitrogens with one attached hydrogen (secondary N) is 1. The molecule has 0 bridgehead atoms. The Morgan fingerprint density at radius 2 is 2.21 bits per heavy atom. The average molecular weight is 320 g/mol. The Balaban J connectivity index is 1.67. The van der Waals surface area contributed by atoms with E-state index >= 15 is 0 Å². The lowest BCUT2D eigenvalue weighted by molar-refractivity contribution is 0.673. The van der Waals surface area contributed by atoms with Crippen LogP contribution >= 0.6 is 15.9 Å². The summed E-state index contributed by atoms with van der Waals surface area (Å²) in [6.45, 7) is 3.79. The standard InChI is InChI=1S/C15H18BrN3/c1-11-6-7-19(18-11)10-13-3-2-12(8-15(13)16)9-17-14-4-5-14/h2-3,6-8,14,17H,4-5,9-10H2,1H3. The highest BCUT2D eigenvalue weighted by atomic mass is 79.9. The van der Waals surface area contributed by atoms with E-state index in [1.165, 1.54) is 24.0 Å². The van der Waals surface area contributed by atoms with Crippen LogP contribution < -0.4 is 5.32 Å². The van der Waals surface area contributed by atoms with Gasteiger partial charge in [0.2, 0.25) is 0 Å². The Kier molecular flexibility index (Phi) is 3.71. The van der Waals surface area contributed by atoms with Crippen LogP contribution in [-0.4, -0.2) is 15.8 Å². The van der Waals surface area contributed by atoms with Crippen molar-refractivity contribution in [2.45, 2.75) is 38.9 Å². The minimum atomic E-state index is 0.755. The molecule has 0 amide bonds. The van der Waals surface area contributed by atoms with Gasteiger partial charge in [-0.05, 0) is 43.0 Å². The van der Waals surface area contributed by atoms with E-state index in [0.29, 0.717) is 0 Å². The number of hydrogen-bond acceptors (Lipinski definition) is 2. The third kappa shape index (κ3) is 3.45. The summed E-state index contributed by atoms with van der Waals surface area (Å²) in [7, 11) is 0. The Labute approximate surface area is 122 Å². The highest BCUT2D eigenvalue weighted by Gasteiger charge is 2.19. The predicted molar refractivity (Wildman–Crippen MR) is 80.1 cm³/mol. The molecule has 0 aliphatic heterocycles. The molecule has 1 aromatic carbocycles. The summed E-state index contributed by atoms with van der Waals surface area (Å²) in [5, 5.41) is 7.95. The fraction of sp³-hybridized carbons (Fsp3) is 0.400. The number of rotatable bonds is 5. The largest absolute Gasteiger partial charge is 0.310 e. The van der Waals surface area contributed by atoms with E-state index in [9.17, 15) is 0 Å². The van der Waals surface area contributed by atoms with Crippen LogP contribution in [0.25, 0.3) is 0 Å². The summed E-state index contributed by atoms with van der Waals surface area (Å²) in [5.41, 5.74) is 3.65. The summed E-state index contributed by atoms with van der Waals surface area (Å²) in [5.74, 6) is 0. The van der Waals surface area contributed by atoms with Crippen molar-refractivity contribution >= 4 is 15.9 Å². The first-order valence-electron chi connectivity index (χ1n) is 6.71. The Bertz CT molecular complexity index is 573. The van der Waals surface area contributed by atoms with Crippen LogP contribution in [0.2, 0.25) is 0 Å². The molecule has 1 N–H and O–H groups in total. The molecule has 0 radical (unpaired) electrons. The van der Waals surface area contributed by atoms with Gasteiger partial charge in [-0.15, -0.1) is 0 Å². The molecule has 0 spiro atoms. The minimum absolute atomic E-state index is 0.755. The van der Waals surface area contributed by atoms with Crippen molar-refractivity contribution in [1.82, 2.24) is 15.1 Å². The van der Waals surface area contributed by atoms with Gasteiger partial charge in [0, 0.05) is 23.3 Å². The maximum absolute atomic E-state index is 4.42. The van der Waals surface area contributed by atoms with Gasteiger partial charge in [0.25, 0.3) is 0 Å². The summed E-state index contributed by atoms with van der Waals surface area (Å²) < 4.78 is 3.13. The fourth-order valence-electron chi connectivity index (χ4n) is 2.10. The van der Waals surface area contributed by atoms with Crippen molar-refractivity contribution in [3.8, 4) is 0 Å². The van der Waals surface area contributed by atoms with Crippen molar-refractivity contribution in [1.29, 1.82) is 0 Å². The third-order valence-corrected chi connectivity index (χ3v) is 4.13. The molecule has 2 aromatic rings. The van der Waals surface area contributed by atoms with Gasteiger partial charge in [0.05, 0.1) is 12.2 Å². The van der Waals surface area contributed by atoms with Gasteiger partial charge in [-0.3, -0.25) is 4.68 Å². The third-order valence-electron chi connectivity index (χ3n) is 3.40. The van der Waals surface area contributed by atoms with Gasteiger partial charge in [0.1, 0.15) is 0 Å². The van der Waals surface area contributed by atoms with Gasteiger partial charge in [-0.2, -0.15) is 5.10 Å². The van der Waals surface area contributed by atoms with Gasteiger partial charge in [0.15, 0.2) is 0 Å². The lowest BCUT2D eigenvalue weighted by atomic mass is 10.1.